The lowest BCUT2D eigenvalue weighted by Crippen LogP contribution is -2.25. The molecule has 8 nitrogen and oxygen atoms in total. The van der Waals surface area contributed by atoms with Crippen LogP contribution in [0.25, 0.3) is 10.9 Å². The van der Waals surface area contributed by atoms with E-state index >= 15 is 0 Å². The van der Waals surface area contributed by atoms with Crippen LogP contribution in [0.3, 0.4) is 0 Å². The SMILES string of the molecule is CCOc1cc(C=Nn2c(C)nc3ccc(Br)cc3c2=O)cc(Cl)c1O[C@@H](C)C(=O)OC. The highest BCUT2D eigenvalue weighted by Crippen LogP contribution is 2.37. The summed E-state index contributed by atoms with van der Waals surface area (Å²) >= 11 is 9.77. The first-order valence-electron chi connectivity index (χ1n) is 9.69. The molecule has 0 saturated carbocycles. The van der Waals surface area contributed by atoms with Crippen molar-refractivity contribution in [1.29, 1.82) is 0 Å². The normalized spacial score (nSPS) is 12.2. The molecule has 0 fully saturated rings. The van der Waals surface area contributed by atoms with Gasteiger partial charge in [-0.2, -0.15) is 9.78 Å². The minimum absolute atomic E-state index is 0.217. The number of hydrogen-bond donors (Lipinski definition) is 0. The third-order valence-electron chi connectivity index (χ3n) is 4.45. The molecule has 10 heteroatoms. The molecule has 1 heterocycles. The van der Waals surface area contributed by atoms with E-state index in [-0.39, 0.29) is 16.3 Å². The van der Waals surface area contributed by atoms with Crippen molar-refractivity contribution in [3.05, 3.63) is 61.6 Å². The summed E-state index contributed by atoms with van der Waals surface area (Å²) in [5.74, 6) is 0.444. The Hall–Kier alpha value is -2.91. The highest BCUT2D eigenvalue weighted by molar-refractivity contribution is 9.10. The molecule has 0 radical (unpaired) electrons. The summed E-state index contributed by atoms with van der Waals surface area (Å²) in [4.78, 5) is 29.0. The van der Waals surface area contributed by atoms with Crippen LogP contribution in [0.1, 0.15) is 25.2 Å². The van der Waals surface area contributed by atoms with Crippen molar-refractivity contribution in [2.45, 2.75) is 26.9 Å². The van der Waals surface area contributed by atoms with Gasteiger partial charge in [-0.1, -0.05) is 27.5 Å². The fourth-order valence-corrected chi connectivity index (χ4v) is 3.58. The molecule has 0 spiro atoms. The fourth-order valence-electron chi connectivity index (χ4n) is 2.95. The van der Waals surface area contributed by atoms with Crippen LogP contribution < -0.4 is 15.0 Å². The molecule has 168 valence electrons. The van der Waals surface area contributed by atoms with Crippen molar-refractivity contribution in [2.24, 2.45) is 5.10 Å². The lowest BCUT2D eigenvalue weighted by molar-refractivity contribution is -0.147. The average Bonchev–Trinajstić information content (AvgIpc) is 2.76. The first-order chi connectivity index (χ1) is 15.2. The van der Waals surface area contributed by atoms with Gasteiger partial charge in [-0.3, -0.25) is 4.79 Å². The smallest absolute Gasteiger partial charge is 0.346 e. The Morgan fingerprint density at radius 3 is 2.78 bits per heavy atom. The van der Waals surface area contributed by atoms with Gasteiger partial charge in [0.2, 0.25) is 0 Å². The van der Waals surface area contributed by atoms with Crippen molar-refractivity contribution in [1.82, 2.24) is 9.66 Å². The summed E-state index contributed by atoms with van der Waals surface area (Å²) in [5.41, 5.74) is 0.857. The lowest BCUT2D eigenvalue weighted by atomic mass is 10.2. The second kappa shape index (κ2) is 10.1. The minimum Gasteiger partial charge on any atom is -0.490 e. The monoisotopic (exact) mass is 521 g/mol. The summed E-state index contributed by atoms with van der Waals surface area (Å²) in [6.45, 7) is 5.41. The molecule has 0 amide bonds. The molecule has 0 aliphatic rings. The second-order valence-electron chi connectivity index (χ2n) is 6.73. The number of fused-ring (bicyclic) bond motifs is 1. The van der Waals surface area contributed by atoms with E-state index in [1.165, 1.54) is 18.0 Å². The molecule has 1 aromatic heterocycles. The predicted molar refractivity (Wildman–Crippen MR) is 126 cm³/mol. The number of ether oxygens (including phenoxy) is 3. The highest BCUT2D eigenvalue weighted by atomic mass is 79.9. The van der Waals surface area contributed by atoms with Crippen LogP contribution in [0.15, 0.2) is 44.7 Å². The zero-order valence-electron chi connectivity index (χ0n) is 17.9. The molecule has 1 atom stereocenters. The zero-order chi connectivity index (χ0) is 23.4. The average molecular weight is 523 g/mol. The molecular weight excluding hydrogens is 502 g/mol. The number of benzene rings is 2. The van der Waals surface area contributed by atoms with E-state index in [1.54, 1.807) is 38.1 Å². The van der Waals surface area contributed by atoms with Gasteiger partial charge in [0.1, 0.15) is 5.82 Å². The number of carbonyl (C=O) groups is 1. The molecule has 0 aliphatic carbocycles. The summed E-state index contributed by atoms with van der Waals surface area (Å²) in [7, 11) is 1.27. The minimum atomic E-state index is -0.875. The van der Waals surface area contributed by atoms with E-state index in [2.05, 4.69) is 30.8 Å². The summed E-state index contributed by atoms with van der Waals surface area (Å²) < 4.78 is 18.0. The maximum atomic E-state index is 12.9. The largest absolute Gasteiger partial charge is 0.490 e. The van der Waals surface area contributed by atoms with Gasteiger partial charge in [-0.25, -0.2) is 9.78 Å². The Morgan fingerprint density at radius 2 is 2.09 bits per heavy atom. The molecular formula is C22H21BrClN3O5. The molecule has 2 aromatic carbocycles. The quantitative estimate of drug-likeness (QED) is 0.339. The van der Waals surface area contributed by atoms with Crippen molar-refractivity contribution < 1.29 is 19.0 Å². The Kier molecular flexibility index (Phi) is 7.52. The number of nitrogens with zero attached hydrogens (tertiary/aromatic N) is 3. The van der Waals surface area contributed by atoms with Gasteiger partial charge in [0, 0.05) is 4.47 Å². The van der Waals surface area contributed by atoms with Crippen molar-refractivity contribution >= 4 is 50.6 Å². The third kappa shape index (κ3) is 5.11. The highest BCUT2D eigenvalue weighted by Gasteiger charge is 2.20. The van der Waals surface area contributed by atoms with Crippen LogP contribution in [-0.2, 0) is 9.53 Å². The van der Waals surface area contributed by atoms with E-state index < -0.39 is 12.1 Å². The second-order valence-corrected chi connectivity index (χ2v) is 8.05. The Morgan fingerprint density at radius 1 is 1.34 bits per heavy atom. The standard InChI is InChI=1S/C22H21BrClN3O5/c1-5-31-19-9-14(8-17(24)20(19)32-12(2)22(29)30-4)11-25-27-13(3)26-18-7-6-15(23)10-16(18)21(27)28/h6-12H,5H2,1-4H3/t12-/m0/s1. The molecule has 0 saturated heterocycles. The van der Waals surface area contributed by atoms with E-state index in [0.29, 0.717) is 34.6 Å². The van der Waals surface area contributed by atoms with Crippen LogP contribution in [0.5, 0.6) is 11.5 Å². The van der Waals surface area contributed by atoms with Gasteiger partial charge in [-0.05, 0) is 56.7 Å². The van der Waals surface area contributed by atoms with E-state index in [9.17, 15) is 9.59 Å². The van der Waals surface area contributed by atoms with Crippen LogP contribution >= 0.6 is 27.5 Å². The van der Waals surface area contributed by atoms with Gasteiger partial charge in [0.05, 0.1) is 35.9 Å². The zero-order valence-corrected chi connectivity index (χ0v) is 20.2. The number of carbonyl (C=O) groups excluding carboxylic acids is 1. The molecule has 3 aromatic rings. The maximum Gasteiger partial charge on any atom is 0.346 e. The predicted octanol–water partition coefficient (Wildman–Crippen LogP) is 4.34. The number of rotatable bonds is 7. The fraction of sp³-hybridized carbons (Fsp3) is 0.273. The Balaban J connectivity index is 2.00. The van der Waals surface area contributed by atoms with Gasteiger partial charge in [0.15, 0.2) is 17.6 Å². The van der Waals surface area contributed by atoms with Gasteiger partial charge in [-0.15, -0.1) is 0 Å². The van der Waals surface area contributed by atoms with Crippen molar-refractivity contribution in [3.8, 4) is 11.5 Å². The Labute approximate surface area is 197 Å². The number of aromatic nitrogens is 2. The van der Waals surface area contributed by atoms with E-state index in [1.807, 2.05) is 13.0 Å². The molecule has 3 rings (SSSR count). The molecule has 32 heavy (non-hydrogen) atoms. The van der Waals surface area contributed by atoms with Gasteiger partial charge < -0.3 is 14.2 Å². The number of methoxy groups -OCH3 is 1. The van der Waals surface area contributed by atoms with Crippen LogP contribution in [0, 0.1) is 6.92 Å². The molecule has 0 N–H and O–H groups in total. The number of aryl methyl sites for hydroxylation is 1. The van der Waals surface area contributed by atoms with Crippen LogP contribution in [0.2, 0.25) is 5.02 Å². The lowest BCUT2D eigenvalue weighted by Gasteiger charge is -2.17. The Bertz CT molecular complexity index is 1260. The van der Waals surface area contributed by atoms with Crippen LogP contribution in [-0.4, -0.2) is 41.7 Å². The van der Waals surface area contributed by atoms with Crippen molar-refractivity contribution in [3.63, 3.8) is 0 Å². The van der Waals surface area contributed by atoms with E-state index in [0.717, 1.165) is 4.47 Å². The first-order valence-corrected chi connectivity index (χ1v) is 10.9. The van der Waals surface area contributed by atoms with E-state index in [4.69, 9.17) is 21.1 Å². The molecule has 0 aliphatic heterocycles. The third-order valence-corrected chi connectivity index (χ3v) is 5.23. The summed E-state index contributed by atoms with van der Waals surface area (Å²) in [6, 6.07) is 8.55. The summed E-state index contributed by atoms with van der Waals surface area (Å²) in [5, 5.41) is 4.96. The van der Waals surface area contributed by atoms with Gasteiger partial charge >= 0.3 is 5.97 Å². The number of hydrogen-bond acceptors (Lipinski definition) is 7. The number of halogens is 2. The van der Waals surface area contributed by atoms with Crippen LogP contribution in [0.4, 0.5) is 0 Å². The maximum absolute atomic E-state index is 12.9. The van der Waals surface area contributed by atoms with Crippen molar-refractivity contribution in [2.75, 3.05) is 13.7 Å². The molecule has 0 bridgehead atoms. The summed E-state index contributed by atoms with van der Waals surface area (Å²) in [6.07, 6.45) is 0.599. The first kappa shape index (κ1) is 23.7. The number of esters is 1. The molecule has 0 unspecified atom stereocenters. The van der Waals surface area contributed by atoms with Gasteiger partial charge in [0.25, 0.3) is 5.56 Å². The topological polar surface area (TPSA) is 92.0 Å².